The van der Waals surface area contributed by atoms with Gasteiger partial charge >= 0.3 is 5.97 Å². The van der Waals surface area contributed by atoms with Crippen molar-refractivity contribution in [2.75, 3.05) is 6.54 Å². The fourth-order valence-electron chi connectivity index (χ4n) is 2.64. The minimum absolute atomic E-state index is 0.0321. The molecule has 1 atom stereocenters. The molecule has 1 amide bonds. The van der Waals surface area contributed by atoms with Gasteiger partial charge in [0.15, 0.2) is 0 Å². The van der Waals surface area contributed by atoms with Crippen molar-refractivity contribution in [2.45, 2.75) is 38.6 Å². The predicted octanol–water partition coefficient (Wildman–Crippen LogP) is 2.58. The molecule has 0 spiro atoms. The van der Waals surface area contributed by atoms with Crippen LogP contribution in [-0.2, 0) is 4.79 Å². The normalized spacial score (nSPS) is 18.9. The van der Waals surface area contributed by atoms with Gasteiger partial charge in [-0.2, -0.15) is 0 Å². The van der Waals surface area contributed by atoms with Crippen LogP contribution in [0.5, 0.6) is 0 Å². The largest absolute Gasteiger partial charge is 0.478 e. The third-order valence-electron chi connectivity index (χ3n) is 3.78. The van der Waals surface area contributed by atoms with Crippen molar-refractivity contribution in [2.24, 2.45) is 0 Å². The number of carboxylic acids is 1. The van der Waals surface area contributed by atoms with Gasteiger partial charge in [-0.15, -0.1) is 0 Å². The first-order valence-electron chi connectivity index (χ1n) is 7.30. The van der Waals surface area contributed by atoms with Crippen molar-refractivity contribution in [3.8, 4) is 0 Å². The van der Waals surface area contributed by atoms with Crippen LogP contribution < -0.4 is 0 Å². The Hall–Kier alpha value is -2.17. The Morgan fingerprint density at radius 3 is 2.86 bits per heavy atom. The maximum absolute atomic E-state index is 12.5. The number of rotatable bonds is 4. The Labute approximate surface area is 124 Å². The van der Waals surface area contributed by atoms with Crippen LogP contribution in [0.3, 0.4) is 0 Å². The molecule has 1 aromatic heterocycles. The second kappa shape index (κ2) is 7.02. The summed E-state index contributed by atoms with van der Waals surface area (Å²) in [5, 5.41) is 8.58. The Kier molecular flexibility index (Phi) is 5.09. The van der Waals surface area contributed by atoms with E-state index in [-0.39, 0.29) is 5.91 Å². The molecule has 0 saturated carbocycles. The summed E-state index contributed by atoms with van der Waals surface area (Å²) in [6.45, 7) is 2.89. The van der Waals surface area contributed by atoms with Gasteiger partial charge in [0.2, 0.25) is 0 Å². The smallest absolute Gasteiger partial charge is 0.328 e. The van der Waals surface area contributed by atoms with Gasteiger partial charge in [-0.3, -0.25) is 9.78 Å². The van der Waals surface area contributed by atoms with Crippen LogP contribution in [0.1, 0.15) is 48.7 Å². The molecule has 5 heteroatoms. The van der Waals surface area contributed by atoms with Crippen molar-refractivity contribution in [3.63, 3.8) is 0 Å². The van der Waals surface area contributed by atoms with E-state index in [1.54, 1.807) is 12.1 Å². The van der Waals surface area contributed by atoms with Crippen molar-refractivity contribution >= 4 is 18.0 Å². The van der Waals surface area contributed by atoms with Gasteiger partial charge in [0.05, 0.1) is 0 Å². The van der Waals surface area contributed by atoms with Crippen molar-refractivity contribution in [1.29, 1.82) is 0 Å². The van der Waals surface area contributed by atoms with Crippen LogP contribution in [0, 0.1) is 0 Å². The first-order valence-corrected chi connectivity index (χ1v) is 7.30. The molecular formula is C16H20N2O3. The number of aromatic nitrogens is 1. The Balaban J connectivity index is 2.10. The van der Waals surface area contributed by atoms with Gasteiger partial charge in [-0.1, -0.05) is 13.0 Å². The van der Waals surface area contributed by atoms with Crippen LogP contribution in [0.15, 0.2) is 24.4 Å². The average molecular weight is 288 g/mol. The first kappa shape index (κ1) is 15.2. The van der Waals surface area contributed by atoms with E-state index in [1.807, 2.05) is 4.90 Å². The lowest BCUT2D eigenvalue weighted by Gasteiger charge is -2.35. The van der Waals surface area contributed by atoms with Crippen LogP contribution >= 0.6 is 0 Å². The Morgan fingerprint density at radius 2 is 2.24 bits per heavy atom. The zero-order chi connectivity index (χ0) is 15.2. The summed E-state index contributed by atoms with van der Waals surface area (Å²) in [6.07, 6.45) is 8.27. The van der Waals surface area contributed by atoms with Gasteiger partial charge in [-0.05, 0) is 43.4 Å². The summed E-state index contributed by atoms with van der Waals surface area (Å²) >= 11 is 0. The molecule has 0 aromatic carbocycles. The molecule has 0 aliphatic carbocycles. The van der Waals surface area contributed by atoms with Gasteiger partial charge in [0.25, 0.3) is 5.91 Å². The number of nitrogens with zero attached hydrogens (tertiary/aromatic N) is 2. The topological polar surface area (TPSA) is 70.5 Å². The van der Waals surface area contributed by atoms with Crippen molar-refractivity contribution in [1.82, 2.24) is 9.88 Å². The number of aliphatic carboxylic acids is 1. The average Bonchev–Trinajstić information content (AvgIpc) is 2.52. The Bertz CT molecular complexity index is 537. The summed E-state index contributed by atoms with van der Waals surface area (Å²) in [4.78, 5) is 29.0. The maximum Gasteiger partial charge on any atom is 0.328 e. The zero-order valence-electron chi connectivity index (χ0n) is 12.2. The molecule has 1 aliphatic heterocycles. The van der Waals surface area contributed by atoms with Gasteiger partial charge in [0, 0.05) is 24.9 Å². The van der Waals surface area contributed by atoms with E-state index in [1.165, 1.54) is 18.7 Å². The fourth-order valence-corrected chi connectivity index (χ4v) is 2.64. The maximum atomic E-state index is 12.5. The van der Waals surface area contributed by atoms with Crippen LogP contribution in [0.2, 0.25) is 0 Å². The molecule has 112 valence electrons. The number of amides is 1. The fraction of sp³-hybridized carbons (Fsp3) is 0.438. The van der Waals surface area contributed by atoms with Gasteiger partial charge in [0.1, 0.15) is 5.69 Å². The highest BCUT2D eigenvalue weighted by atomic mass is 16.4. The van der Waals surface area contributed by atoms with Crippen molar-refractivity contribution < 1.29 is 14.7 Å². The summed E-state index contributed by atoms with van der Waals surface area (Å²) in [6, 6.07) is 3.68. The highest BCUT2D eigenvalue weighted by Gasteiger charge is 2.26. The predicted molar refractivity (Wildman–Crippen MR) is 79.9 cm³/mol. The van der Waals surface area contributed by atoms with Crippen LogP contribution in [-0.4, -0.2) is 39.5 Å². The summed E-state index contributed by atoms with van der Waals surface area (Å²) < 4.78 is 0. The molecule has 2 heterocycles. The molecule has 1 N–H and O–H groups in total. The molecule has 0 radical (unpaired) electrons. The minimum atomic E-state index is -1.01. The molecular weight excluding hydrogens is 268 g/mol. The van der Waals surface area contributed by atoms with E-state index in [2.05, 4.69) is 11.9 Å². The molecule has 1 saturated heterocycles. The summed E-state index contributed by atoms with van der Waals surface area (Å²) in [5.74, 6) is -1.04. The monoisotopic (exact) mass is 288 g/mol. The molecule has 1 aliphatic rings. The number of carboxylic acid groups (broad SMARTS) is 1. The first-order chi connectivity index (χ1) is 10.1. The van der Waals surface area contributed by atoms with Gasteiger partial charge in [-0.25, -0.2) is 4.79 Å². The molecule has 21 heavy (non-hydrogen) atoms. The number of hydrogen-bond acceptors (Lipinski definition) is 3. The van der Waals surface area contributed by atoms with Crippen LogP contribution in [0.25, 0.3) is 6.08 Å². The minimum Gasteiger partial charge on any atom is -0.478 e. The second-order valence-corrected chi connectivity index (χ2v) is 5.20. The molecule has 2 rings (SSSR count). The van der Waals surface area contributed by atoms with Crippen molar-refractivity contribution in [3.05, 3.63) is 35.7 Å². The van der Waals surface area contributed by atoms with Gasteiger partial charge < -0.3 is 10.0 Å². The molecule has 1 fully saturated rings. The highest BCUT2D eigenvalue weighted by molar-refractivity contribution is 5.93. The number of pyridine rings is 1. The Morgan fingerprint density at radius 1 is 1.43 bits per heavy atom. The number of hydrogen-bond donors (Lipinski definition) is 1. The lowest BCUT2D eigenvalue weighted by molar-refractivity contribution is -0.131. The number of likely N-dealkylation sites (tertiary alicyclic amines) is 1. The lowest BCUT2D eigenvalue weighted by atomic mass is 9.99. The lowest BCUT2D eigenvalue weighted by Crippen LogP contribution is -2.43. The zero-order valence-corrected chi connectivity index (χ0v) is 12.2. The molecule has 5 nitrogen and oxygen atoms in total. The van der Waals surface area contributed by atoms with E-state index in [0.717, 1.165) is 31.9 Å². The highest BCUT2D eigenvalue weighted by Crippen LogP contribution is 2.21. The number of carbonyl (C=O) groups is 2. The third kappa shape index (κ3) is 3.90. The van der Waals surface area contributed by atoms with E-state index >= 15 is 0 Å². The molecule has 1 unspecified atom stereocenters. The molecule has 0 bridgehead atoms. The molecule has 1 aromatic rings. The second-order valence-electron chi connectivity index (χ2n) is 5.20. The SMILES string of the molecule is CCC1CCCCN1C(=O)c1ccc(C=CC(=O)O)cn1. The summed E-state index contributed by atoms with van der Waals surface area (Å²) in [5.41, 5.74) is 1.09. The van der Waals surface area contributed by atoms with E-state index in [0.29, 0.717) is 17.3 Å². The number of piperidine rings is 1. The van der Waals surface area contributed by atoms with E-state index < -0.39 is 5.97 Å². The standard InChI is InChI=1S/C16H20N2O3/c1-2-13-5-3-4-10-18(13)16(21)14-8-6-12(11-17-14)7-9-15(19)20/h6-9,11,13H,2-5,10H2,1H3,(H,19,20). The number of carbonyl (C=O) groups excluding carboxylic acids is 1. The third-order valence-corrected chi connectivity index (χ3v) is 3.78. The van der Waals surface area contributed by atoms with E-state index in [9.17, 15) is 9.59 Å². The van der Waals surface area contributed by atoms with E-state index in [4.69, 9.17) is 5.11 Å². The summed E-state index contributed by atoms with van der Waals surface area (Å²) in [7, 11) is 0. The quantitative estimate of drug-likeness (QED) is 0.864. The van der Waals surface area contributed by atoms with Crippen LogP contribution in [0.4, 0.5) is 0 Å².